The highest BCUT2D eigenvalue weighted by atomic mass is 16.2. The summed E-state index contributed by atoms with van der Waals surface area (Å²) in [4.78, 5) is 22.0. The molecule has 90 valence electrons. The predicted molar refractivity (Wildman–Crippen MR) is 66.5 cm³/mol. The van der Waals surface area contributed by atoms with Gasteiger partial charge >= 0.3 is 0 Å². The van der Waals surface area contributed by atoms with Gasteiger partial charge in [-0.3, -0.25) is 9.59 Å². The van der Waals surface area contributed by atoms with E-state index in [9.17, 15) is 9.59 Å². The molecule has 0 unspecified atom stereocenters. The van der Waals surface area contributed by atoms with Crippen molar-refractivity contribution in [1.82, 2.24) is 0 Å². The van der Waals surface area contributed by atoms with E-state index in [1.807, 2.05) is 12.1 Å². The predicted octanol–water partition coefficient (Wildman–Crippen LogP) is 1.61. The van der Waals surface area contributed by atoms with Crippen molar-refractivity contribution in [2.45, 2.75) is 13.3 Å². The topological polar surface area (TPSA) is 66.4 Å². The maximum Gasteiger partial charge on any atom is 0.231 e. The Morgan fingerprint density at radius 2 is 1.94 bits per heavy atom. The van der Waals surface area contributed by atoms with E-state index in [0.29, 0.717) is 5.69 Å². The molecule has 0 bridgehead atoms. The zero-order chi connectivity index (χ0) is 12.7. The lowest BCUT2D eigenvalue weighted by Crippen LogP contribution is -2.14. The van der Waals surface area contributed by atoms with Crippen LogP contribution in [0.25, 0.3) is 6.08 Å². The van der Waals surface area contributed by atoms with Crippen LogP contribution in [-0.2, 0) is 9.59 Å². The second-order valence-electron chi connectivity index (χ2n) is 3.63. The Bertz CT molecular complexity index is 421. The van der Waals surface area contributed by atoms with Gasteiger partial charge in [-0.2, -0.15) is 0 Å². The zero-order valence-corrected chi connectivity index (χ0v) is 9.64. The minimum Gasteiger partial charge on any atom is -0.392 e. The Labute approximate surface area is 100.0 Å². The van der Waals surface area contributed by atoms with Gasteiger partial charge in [-0.15, -0.1) is 0 Å². The summed E-state index contributed by atoms with van der Waals surface area (Å²) in [6.07, 6.45) is 3.30. The molecule has 1 amide bonds. The van der Waals surface area contributed by atoms with Crippen molar-refractivity contribution in [3.05, 3.63) is 35.9 Å². The number of anilines is 1. The fourth-order valence-electron chi connectivity index (χ4n) is 1.30. The lowest BCUT2D eigenvalue weighted by molar-refractivity contribution is -0.124. The van der Waals surface area contributed by atoms with Gasteiger partial charge in [0.25, 0.3) is 0 Å². The SMILES string of the molecule is CC(=O)CC(=O)Nc1ccc(C=CCO)cc1. The van der Waals surface area contributed by atoms with Crippen LogP contribution in [0.1, 0.15) is 18.9 Å². The second kappa shape index (κ2) is 6.60. The van der Waals surface area contributed by atoms with Crippen LogP contribution in [0.15, 0.2) is 30.3 Å². The second-order valence-corrected chi connectivity index (χ2v) is 3.63. The molecule has 0 aliphatic rings. The number of hydrogen-bond acceptors (Lipinski definition) is 3. The van der Waals surface area contributed by atoms with E-state index >= 15 is 0 Å². The summed E-state index contributed by atoms with van der Waals surface area (Å²) in [6, 6.07) is 7.12. The molecular weight excluding hydrogens is 218 g/mol. The number of aliphatic hydroxyl groups excluding tert-OH is 1. The molecule has 0 atom stereocenters. The van der Waals surface area contributed by atoms with Gasteiger partial charge in [0.2, 0.25) is 5.91 Å². The monoisotopic (exact) mass is 233 g/mol. The normalized spacial score (nSPS) is 10.5. The van der Waals surface area contributed by atoms with Crippen molar-refractivity contribution in [2.24, 2.45) is 0 Å². The lowest BCUT2D eigenvalue weighted by Gasteiger charge is -2.03. The Kier molecular flexibility index (Phi) is 5.10. The van der Waals surface area contributed by atoms with Gasteiger partial charge in [0.15, 0.2) is 0 Å². The molecule has 0 radical (unpaired) electrons. The third-order valence-corrected chi connectivity index (χ3v) is 2.02. The summed E-state index contributed by atoms with van der Waals surface area (Å²) in [5.41, 5.74) is 1.58. The van der Waals surface area contributed by atoms with Crippen molar-refractivity contribution < 1.29 is 14.7 Å². The number of hydrogen-bond donors (Lipinski definition) is 2. The molecule has 0 aromatic heterocycles. The van der Waals surface area contributed by atoms with Gasteiger partial charge in [-0.1, -0.05) is 24.3 Å². The smallest absolute Gasteiger partial charge is 0.231 e. The van der Waals surface area contributed by atoms with Crippen LogP contribution >= 0.6 is 0 Å². The summed E-state index contributed by atoms with van der Waals surface area (Å²) < 4.78 is 0. The average molecular weight is 233 g/mol. The van der Waals surface area contributed by atoms with E-state index in [0.717, 1.165) is 5.56 Å². The number of aliphatic hydroxyl groups is 1. The summed E-state index contributed by atoms with van der Waals surface area (Å²) in [6.45, 7) is 1.37. The fraction of sp³-hybridized carbons (Fsp3) is 0.231. The molecule has 0 aliphatic heterocycles. The first-order valence-electron chi connectivity index (χ1n) is 5.28. The van der Waals surface area contributed by atoms with Gasteiger partial charge in [0, 0.05) is 5.69 Å². The summed E-state index contributed by atoms with van der Waals surface area (Å²) in [5.74, 6) is -0.471. The molecule has 0 aliphatic carbocycles. The molecule has 1 aromatic rings. The molecule has 4 nitrogen and oxygen atoms in total. The Balaban J connectivity index is 2.59. The van der Waals surface area contributed by atoms with Crippen LogP contribution in [0, 0.1) is 0 Å². The maximum absolute atomic E-state index is 11.3. The largest absolute Gasteiger partial charge is 0.392 e. The molecule has 0 fully saturated rings. The van der Waals surface area contributed by atoms with Crippen molar-refractivity contribution >= 4 is 23.5 Å². The summed E-state index contributed by atoms with van der Waals surface area (Å²) >= 11 is 0. The number of carbonyl (C=O) groups is 2. The third-order valence-electron chi connectivity index (χ3n) is 2.02. The van der Waals surface area contributed by atoms with E-state index in [4.69, 9.17) is 5.11 Å². The molecule has 0 spiro atoms. The van der Waals surface area contributed by atoms with Crippen molar-refractivity contribution in [3.8, 4) is 0 Å². The van der Waals surface area contributed by atoms with E-state index in [1.165, 1.54) is 6.92 Å². The van der Waals surface area contributed by atoms with E-state index in [2.05, 4.69) is 5.32 Å². The van der Waals surface area contributed by atoms with E-state index in [1.54, 1.807) is 24.3 Å². The van der Waals surface area contributed by atoms with Gasteiger partial charge in [-0.05, 0) is 24.6 Å². The van der Waals surface area contributed by atoms with Crippen LogP contribution < -0.4 is 5.32 Å². The third kappa shape index (κ3) is 5.08. The average Bonchev–Trinajstić information content (AvgIpc) is 2.27. The summed E-state index contributed by atoms with van der Waals surface area (Å²) in [5, 5.41) is 11.2. The van der Waals surface area contributed by atoms with Gasteiger partial charge < -0.3 is 10.4 Å². The standard InChI is InChI=1S/C13H15NO3/c1-10(16)9-13(17)14-12-6-4-11(5-7-12)3-2-8-15/h2-7,15H,8-9H2,1H3,(H,14,17). The molecule has 0 saturated heterocycles. The van der Waals surface area contributed by atoms with Crippen molar-refractivity contribution in [3.63, 3.8) is 0 Å². The highest BCUT2D eigenvalue weighted by molar-refractivity contribution is 6.03. The Hall–Kier alpha value is -1.94. The minimum atomic E-state index is -0.309. The molecule has 1 aromatic carbocycles. The first-order valence-corrected chi connectivity index (χ1v) is 5.28. The van der Waals surface area contributed by atoms with Gasteiger partial charge in [0.05, 0.1) is 13.0 Å². The number of carbonyl (C=O) groups excluding carboxylic acids is 2. The van der Waals surface area contributed by atoms with Crippen molar-refractivity contribution in [2.75, 3.05) is 11.9 Å². The van der Waals surface area contributed by atoms with Crippen LogP contribution in [-0.4, -0.2) is 23.4 Å². The highest BCUT2D eigenvalue weighted by Gasteiger charge is 2.04. The molecule has 1 rings (SSSR count). The molecule has 0 saturated carbocycles. The molecular formula is C13H15NO3. The quantitative estimate of drug-likeness (QED) is 0.759. The molecule has 2 N–H and O–H groups in total. The Morgan fingerprint density at radius 3 is 2.47 bits per heavy atom. The molecule has 4 heteroatoms. The molecule has 17 heavy (non-hydrogen) atoms. The first-order chi connectivity index (χ1) is 8.11. The summed E-state index contributed by atoms with van der Waals surface area (Å²) in [7, 11) is 0. The number of nitrogens with one attached hydrogen (secondary N) is 1. The zero-order valence-electron chi connectivity index (χ0n) is 9.64. The van der Waals surface area contributed by atoms with Crippen LogP contribution in [0.4, 0.5) is 5.69 Å². The number of Topliss-reactive ketones (excluding diaryl/α,β-unsaturated/α-hetero) is 1. The minimum absolute atomic E-state index is 0.00288. The van der Waals surface area contributed by atoms with Gasteiger partial charge in [-0.25, -0.2) is 0 Å². The lowest BCUT2D eigenvalue weighted by atomic mass is 10.2. The van der Waals surface area contributed by atoms with Crippen LogP contribution in [0.5, 0.6) is 0 Å². The highest BCUT2D eigenvalue weighted by Crippen LogP contribution is 2.11. The van der Waals surface area contributed by atoms with Crippen LogP contribution in [0.3, 0.4) is 0 Å². The van der Waals surface area contributed by atoms with E-state index in [-0.39, 0.29) is 24.7 Å². The number of amides is 1. The maximum atomic E-state index is 11.3. The van der Waals surface area contributed by atoms with Crippen molar-refractivity contribution in [1.29, 1.82) is 0 Å². The number of ketones is 1. The number of rotatable bonds is 5. The number of benzene rings is 1. The van der Waals surface area contributed by atoms with Crippen LogP contribution in [0.2, 0.25) is 0 Å². The van der Waals surface area contributed by atoms with E-state index < -0.39 is 0 Å². The fourth-order valence-corrected chi connectivity index (χ4v) is 1.30. The Morgan fingerprint density at radius 1 is 1.29 bits per heavy atom. The first kappa shape index (κ1) is 13.1. The van der Waals surface area contributed by atoms with Gasteiger partial charge in [0.1, 0.15) is 5.78 Å². The molecule has 0 heterocycles.